The molecule has 0 unspecified atom stereocenters. The lowest BCUT2D eigenvalue weighted by Gasteiger charge is -2.24. The fourth-order valence-corrected chi connectivity index (χ4v) is 2.06. The highest BCUT2D eigenvalue weighted by molar-refractivity contribution is 6.34. The second-order valence-electron chi connectivity index (χ2n) is 5.74. The zero-order chi connectivity index (χ0) is 14.6. The minimum atomic E-state index is -0.167. The molecule has 1 rings (SSSR count). The summed E-state index contributed by atoms with van der Waals surface area (Å²) in [6, 6.07) is 3.62. The van der Waals surface area contributed by atoms with E-state index in [4.69, 9.17) is 16.7 Å². The van der Waals surface area contributed by atoms with Crippen molar-refractivity contribution in [2.45, 2.75) is 34.1 Å². The zero-order valence-corrected chi connectivity index (χ0v) is 12.8. The number of aliphatic hydroxyl groups excluding tert-OH is 1. The molecule has 1 amide bonds. The Bertz CT molecular complexity index is 469. The van der Waals surface area contributed by atoms with Crippen LogP contribution in [0.4, 0.5) is 0 Å². The molecule has 19 heavy (non-hydrogen) atoms. The summed E-state index contributed by atoms with van der Waals surface area (Å²) in [7, 11) is 0. The molecular weight excluding hydrogens is 262 g/mol. The first-order valence-corrected chi connectivity index (χ1v) is 6.80. The topological polar surface area (TPSA) is 49.3 Å². The van der Waals surface area contributed by atoms with Crippen LogP contribution in [-0.2, 0) is 0 Å². The predicted molar refractivity (Wildman–Crippen MR) is 78.7 cm³/mol. The summed E-state index contributed by atoms with van der Waals surface area (Å²) in [6.07, 6.45) is 0.647. The number of amides is 1. The van der Waals surface area contributed by atoms with Crippen molar-refractivity contribution in [3.63, 3.8) is 0 Å². The van der Waals surface area contributed by atoms with Gasteiger partial charge in [0, 0.05) is 13.2 Å². The molecular formula is C15H22ClNO2. The van der Waals surface area contributed by atoms with Crippen LogP contribution in [0.5, 0.6) is 0 Å². The average Bonchev–Trinajstić information content (AvgIpc) is 2.31. The first kappa shape index (κ1) is 16.0. The van der Waals surface area contributed by atoms with Crippen molar-refractivity contribution in [1.82, 2.24) is 5.32 Å². The van der Waals surface area contributed by atoms with Crippen LogP contribution < -0.4 is 5.32 Å². The number of hydrogen-bond donors (Lipinski definition) is 2. The molecule has 1 aromatic rings. The molecule has 0 atom stereocenters. The molecule has 0 aromatic heterocycles. The Hall–Kier alpha value is -1.06. The number of benzene rings is 1. The number of aryl methyl sites for hydroxylation is 2. The molecule has 0 aliphatic carbocycles. The van der Waals surface area contributed by atoms with Crippen LogP contribution in [-0.4, -0.2) is 24.2 Å². The summed E-state index contributed by atoms with van der Waals surface area (Å²) in [6.45, 7) is 8.56. The summed E-state index contributed by atoms with van der Waals surface area (Å²) in [5.74, 6) is -0.167. The molecule has 3 nitrogen and oxygen atoms in total. The standard InChI is InChI=1S/C15H22ClNO2/c1-10-7-12(13(16)8-11(10)2)14(19)17-9-15(3,4)5-6-18/h7-8,18H,5-6,9H2,1-4H3,(H,17,19). The third-order valence-electron chi connectivity index (χ3n) is 3.34. The minimum absolute atomic E-state index is 0.118. The highest BCUT2D eigenvalue weighted by atomic mass is 35.5. The van der Waals surface area contributed by atoms with Gasteiger partial charge in [-0.3, -0.25) is 4.79 Å². The van der Waals surface area contributed by atoms with Gasteiger partial charge in [0.1, 0.15) is 0 Å². The van der Waals surface area contributed by atoms with Crippen LogP contribution in [0.3, 0.4) is 0 Å². The van der Waals surface area contributed by atoms with Crippen molar-refractivity contribution in [2.24, 2.45) is 5.41 Å². The lowest BCUT2D eigenvalue weighted by atomic mass is 9.89. The molecule has 4 heteroatoms. The minimum Gasteiger partial charge on any atom is -0.396 e. The Morgan fingerprint density at radius 1 is 1.32 bits per heavy atom. The predicted octanol–water partition coefficient (Wildman–Crippen LogP) is 3.10. The van der Waals surface area contributed by atoms with E-state index >= 15 is 0 Å². The Balaban J connectivity index is 2.77. The summed E-state index contributed by atoms with van der Waals surface area (Å²) in [5.41, 5.74) is 2.49. The van der Waals surface area contributed by atoms with Crippen molar-refractivity contribution < 1.29 is 9.90 Å². The highest BCUT2D eigenvalue weighted by Crippen LogP contribution is 2.22. The molecule has 0 spiro atoms. The number of halogens is 1. The number of rotatable bonds is 5. The normalized spacial score (nSPS) is 11.5. The Morgan fingerprint density at radius 3 is 2.47 bits per heavy atom. The summed E-state index contributed by atoms with van der Waals surface area (Å²) >= 11 is 6.11. The first-order valence-electron chi connectivity index (χ1n) is 6.42. The third kappa shape index (κ3) is 4.51. The molecule has 0 radical (unpaired) electrons. The van der Waals surface area contributed by atoms with E-state index in [0.29, 0.717) is 23.6 Å². The van der Waals surface area contributed by atoms with E-state index in [1.807, 2.05) is 39.8 Å². The van der Waals surface area contributed by atoms with Crippen LogP contribution in [0.1, 0.15) is 41.8 Å². The van der Waals surface area contributed by atoms with E-state index in [0.717, 1.165) is 11.1 Å². The van der Waals surface area contributed by atoms with Gasteiger partial charge in [-0.1, -0.05) is 25.4 Å². The monoisotopic (exact) mass is 283 g/mol. The van der Waals surface area contributed by atoms with Crippen LogP contribution >= 0.6 is 11.6 Å². The first-order chi connectivity index (χ1) is 8.76. The largest absolute Gasteiger partial charge is 0.396 e. The molecule has 0 heterocycles. The van der Waals surface area contributed by atoms with Gasteiger partial charge in [-0.2, -0.15) is 0 Å². The van der Waals surface area contributed by atoms with Gasteiger partial charge in [0.2, 0.25) is 0 Å². The molecule has 1 aromatic carbocycles. The Kier molecular flexibility index (Phi) is 5.39. The van der Waals surface area contributed by atoms with Crippen LogP contribution in [0.2, 0.25) is 5.02 Å². The second kappa shape index (κ2) is 6.40. The number of carbonyl (C=O) groups is 1. The molecule has 106 valence electrons. The molecule has 0 bridgehead atoms. The average molecular weight is 284 g/mol. The van der Waals surface area contributed by atoms with Crippen LogP contribution in [0.15, 0.2) is 12.1 Å². The highest BCUT2D eigenvalue weighted by Gasteiger charge is 2.19. The number of hydrogen-bond acceptors (Lipinski definition) is 2. The lowest BCUT2D eigenvalue weighted by molar-refractivity contribution is 0.0928. The number of nitrogens with one attached hydrogen (secondary N) is 1. The lowest BCUT2D eigenvalue weighted by Crippen LogP contribution is -2.34. The number of aliphatic hydroxyl groups is 1. The molecule has 0 saturated heterocycles. The maximum atomic E-state index is 12.1. The van der Waals surface area contributed by atoms with Crippen molar-refractivity contribution in [3.8, 4) is 0 Å². The Labute approximate surface area is 120 Å². The van der Waals surface area contributed by atoms with E-state index < -0.39 is 0 Å². The maximum absolute atomic E-state index is 12.1. The van der Waals surface area contributed by atoms with E-state index in [-0.39, 0.29) is 17.9 Å². The molecule has 2 N–H and O–H groups in total. The SMILES string of the molecule is Cc1cc(Cl)c(C(=O)NCC(C)(C)CCO)cc1C. The van der Waals surface area contributed by atoms with Crippen molar-refractivity contribution in [2.75, 3.05) is 13.2 Å². The third-order valence-corrected chi connectivity index (χ3v) is 3.66. The number of carbonyl (C=O) groups excluding carboxylic acids is 1. The van der Waals surface area contributed by atoms with Gasteiger partial charge < -0.3 is 10.4 Å². The van der Waals surface area contributed by atoms with Gasteiger partial charge in [-0.05, 0) is 48.9 Å². The van der Waals surface area contributed by atoms with E-state index in [9.17, 15) is 4.79 Å². The molecule has 0 fully saturated rings. The summed E-state index contributed by atoms with van der Waals surface area (Å²) in [4.78, 5) is 12.1. The molecule has 0 saturated carbocycles. The molecule has 0 aliphatic rings. The second-order valence-corrected chi connectivity index (χ2v) is 6.14. The smallest absolute Gasteiger partial charge is 0.252 e. The van der Waals surface area contributed by atoms with Gasteiger partial charge in [0.25, 0.3) is 5.91 Å². The summed E-state index contributed by atoms with van der Waals surface area (Å²) in [5, 5.41) is 12.3. The van der Waals surface area contributed by atoms with Gasteiger partial charge in [0.15, 0.2) is 0 Å². The van der Waals surface area contributed by atoms with Gasteiger partial charge in [-0.15, -0.1) is 0 Å². The van der Waals surface area contributed by atoms with Crippen molar-refractivity contribution in [3.05, 3.63) is 33.8 Å². The Morgan fingerprint density at radius 2 is 1.89 bits per heavy atom. The molecule has 0 aliphatic heterocycles. The van der Waals surface area contributed by atoms with Gasteiger partial charge in [-0.25, -0.2) is 0 Å². The van der Waals surface area contributed by atoms with Gasteiger partial charge >= 0.3 is 0 Å². The maximum Gasteiger partial charge on any atom is 0.252 e. The van der Waals surface area contributed by atoms with Gasteiger partial charge in [0.05, 0.1) is 10.6 Å². The van der Waals surface area contributed by atoms with Crippen molar-refractivity contribution >= 4 is 17.5 Å². The quantitative estimate of drug-likeness (QED) is 0.872. The van der Waals surface area contributed by atoms with E-state index in [1.165, 1.54) is 0 Å². The van der Waals surface area contributed by atoms with Crippen molar-refractivity contribution in [1.29, 1.82) is 0 Å². The fourth-order valence-electron chi connectivity index (χ4n) is 1.76. The zero-order valence-electron chi connectivity index (χ0n) is 12.0. The van der Waals surface area contributed by atoms with Crippen LogP contribution in [0, 0.1) is 19.3 Å². The summed E-state index contributed by atoms with van der Waals surface area (Å²) < 4.78 is 0. The van der Waals surface area contributed by atoms with E-state index in [1.54, 1.807) is 0 Å². The van der Waals surface area contributed by atoms with E-state index in [2.05, 4.69) is 5.32 Å². The fraction of sp³-hybridized carbons (Fsp3) is 0.533. The van der Waals surface area contributed by atoms with Crippen LogP contribution in [0.25, 0.3) is 0 Å².